The lowest BCUT2D eigenvalue weighted by Gasteiger charge is -2.34. The number of methoxy groups -OCH3 is 1. The van der Waals surface area contributed by atoms with Crippen molar-refractivity contribution in [2.24, 2.45) is 0 Å². The van der Waals surface area contributed by atoms with Crippen LogP contribution >= 0.6 is 11.8 Å². The highest BCUT2D eigenvalue weighted by Crippen LogP contribution is 2.19. The molecule has 1 aromatic carbocycles. The van der Waals surface area contributed by atoms with E-state index < -0.39 is 0 Å². The molecule has 136 valence electrons. The Morgan fingerprint density at radius 2 is 2.04 bits per heavy atom. The maximum absolute atomic E-state index is 12.4. The van der Waals surface area contributed by atoms with Gasteiger partial charge in [-0.25, -0.2) is 0 Å². The van der Waals surface area contributed by atoms with Gasteiger partial charge in [0.25, 0.3) is 0 Å². The van der Waals surface area contributed by atoms with E-state index in [4.69, 9.17) is 4.74 Å². The first-order valence-electron chi connectivity index (χ1n) is 8.37. The van der Waals surface area contributed by atoms with Crippen molar-refractivity contribution >= 4 is 23.6 Å². The third kappa shape index (κ3) is 4.76. The van der Waals surface area contributed by atoms with Crippen LogP contribution in [0.2, 0.25) is 0 Å². The number of rotatable bonds is 6. The summed E-state index contributed by atoms with van der Waals surface area (Å²) in [6, 6.07) is 11.4. The summed E-state index contributed by atoms with van der Waals surface area (Å²) in [5, 5.41) is 0. The molecule has 6 nitrogen and oxygen atoms in total. The number of pyridine rings is 1. The predicted molar refractivity (Wildman–Crippen MR) is 100.0 cm³/mol. The van der Waals surface area contributed by atoms with Gasteiger partial charge >= 0.3 is 0 Å². The Morgan fingerprint density at radius 1 is 1.23 bits per heavy atom. The number of nitrogens with zero attached hydrogens (tertiary/aromatic N) is 3. The highest BCUT2D eigenvalue weighted by atomic mass is 32.2. The largest absolute Gasteiger partial charge is 0.497 e. The van der Waals surface area contributed by atoms with Gasteiger partial charge in [0.2, 0.25) is 11.8 Å². The molecule has 0 saturated carbocycles. The van der Waals surface area contributed by atoms with Crippen LogP contribution in [-0.2, 0) is 16.1 Å². The number of hydrogen-bond donors (Lipinski definition) is 0. The summed E-state index contributed by atoms with van der Waals surface area (Å²) >= 11 is 1.46. The SMILES string of the molecule is COc1cccc(CN2CCN(C(=O)CSc3ccncc3)CC2=O)c1. The van der Waals surface area contributed by atoms with Crippen LogP contribution in [0.4, 0.5) is 0 Å². The molecule has 0 unspecified atom stereocenters. The second kappa shape index (κ2) is 8.71. The molecule has 2 aromatic rings. The summed E-state index contributed by atoms with van der Waals surface area (Å²) < 4.78 is 5.22. The predicted octanol–water partition coefficient (Wildman–Crippen LogP) is 2.05. The Bertz CT molecular complexity index is 770. The van der Waals surface area contributed by atoms with Gasteiger partial charge in [-0.05, 0) is 29.8 Å². The van der Waals surface area contributed by atoms with E-state index >= 15 is 0 Å². The molecule has 1 saturated heterocycles. The van der Waals surface area contributed by atoms with Crippen molar-refractivity contribution in [2.45, 2.75) is 11.4 Å². The van der Waals surface area contributed by atoms with Gasteiger partial charge in [0.05, 0.1) is 19.4 Å². The van der Waals surface area contributed by atoms with Gasteiger partial charge in [0, 0.05) is 36.9 Å². The van der Waals surface area contributed by atoms with E-state index in [0.29, 0.717) is 25.4 Å². The topological polar surface area (TPSA) is 62.7 Å². The van der Waals surface area contributed by atoms with Crippen LogP contribution in [0.3, 0.4) is 0 Å². The standard InChI is InChI=1S/C19H21N3O3S/c1-25-16-4-2-3-15(11-16)12-21-9-10-22(13-18(21)23)19(24)14-26-17-5-7-20-8-6-17/h2-8,11H,9-10,12-14H2,1H3. The average Bonchev–Trinajstić information content (AvgIpc) is 2.68. The zero-order valence-electron chi connectivity index (χ0n) is 14.6. The fourth-order valence-corrected chi connectivity index (χ4v) is 3.54. The molecule has 0 spiro atoms. The van der Waals surface area contributed by atoms with Crippen LogP contribution in [0.5, 0.6) is 5.75 Å². The van der Waals surface area contributed by atoms with Crippen LogP contribution in [-0.4, -0.2) is 59.1 Å². The molecular formula is C19H21N3O3S. The molecule has 7 heteroatoms. The number of amides is 2. The molecule has 2 heterocycles. The molecule has 0 N–H and O–H groups in total. The van der Waals surface area contributed by atoms with Crippen molar-refractivity contribution in [3.63, 3.8) is 0 Å². The summed E-state index contributed by atoms with van der Waals surface area (Å²) in [5.74, 6) is 1.06. The normalized spacial score (nSPS) is 14.4. The van der Waals surface area contributed by atoms with Gasteiger partial charge in [-0.3, -0.25) is 14.6 Å². The first kappa shape index (κ1) is 18.3. The summed E-state index contributed by atoms with van der Waals surface area (Å²) in [7, 11) is 1.62. The minimum atomic E-state index is -0.0265. The molecule has 2 amide bonds. The van der Waals surface area contributed by atoms with E-state index in [-0.39, 0.29) is 18.4 Å². The number of hydrogen-bond acceptors (Lipinski definition) is 5. The molecule has 0 bridgehead atoms. The molecule has 26 heavy (non-hydrogen) atoms. The van der Waals surface area contributed by atoms with Crippen LogP contribution in [0.15, 0.2) is 53.7 Å². The summed E-state index contributed by atoms with van der Waals surface area (Å²) in [4.78, 5) is 33.2. The monoisotopic (exact) mass is 371 g/mol. The number of benzene rings is 1. The number of piperazine rings is 1. The molecular weight excluding hydrogens is 350 g/mol. The molecule has 0 aliphatic carbocycles. The summed E-state index contributed by atoms with van der Waals surface area (Å²) in [5.41, 5.74) is 1.02. The van der Waals surface area contributed by atoms with Crippen LogP contribution in [0.25, 0.3) is 0 Å². The Hall–Kier alpha value is -2.54. The lowest BCUT2D eigenvalue weighted by Crippen LogP contribution is -2.52. The third-order valence-electron chi connectivity index (χ3n) is 4.19. The van der Waals surface area contributed by atoms with Crippen molar-refractivity contribution in [2.75, 3.05) is 32.5 Å². The maximum atomic E-state index is 12.4. The summed E-state index contributed by atoms with van der Waals surface area (Å²) in [6.45, 7) is 1.77. The second-order valence-corrected chi connectivity index (χ2v) is 7.00. The lowest BCUT2D eigenvalue weighted by molar-refractivity contribution is -0.144. The zero-order chi connectivity index (χ0) is 18.4. The number of aromatic nitrogens is 1. The maximum Gasteiger partial charge on any atom is 0.242 e. The van der Waals surface area contributed by atoms with Crippen molar-refractivity contribution in [3.8, 4) is 5.75 Å². The average molecular weight is 371 g/mol. The second-order valence-electron chi connectivity index (χ2n) is 5.95. The number of carbonyl (C=O) groups excluding carboxylic acids is 2. The highest BCUT2D eigenvalue weighted by Gasteiger charge is 2.27. The zero-order valence-corrected chi connectivity index (χ0v) is 15.4. The fourth-order valence-electron chi connectivity index (χ4n) is 2.75. The molecule has 1 aromatic heterocycles. The highest BCUT2D eigenvalue weighted by molar-refractivity contribution is 8.00. The number of ether oxygens (including phenoxy) is 1. The molecule has 3 rings (SSSR count). The van der Waals surface area contributed by atoms with Gasteiger partial charge < -0.3 is 14.5 Å². The van der Waals surface area contributed by atoms with Gasteiger partial charge in [-0.2, -0.15) is 0 Å². The van der Waals surface area contributed by atoms with E-state index in [1.807, 2.05) is 36.4 Å². The van der Waals surface area contributed by atoms with Gasteiger partial charge in [-0.15, -0.1) is 11.8 Å². The van der Waals surface area contributed by atoms with E-state index in [9.17, 15) is 9.59 Å². The molecule has 1 aliphatic heterocycles. The minimum absolute atomic E-state index is 0.0128. The van der Waals surface area contributed by atoms with Crippen LogP contribution in [0, 0.1) is 0 Å². The first-order chi connectivity index (χ1) is 12.7. The number of thioether (sulfide) groups is 1. The molecule has 0 radical (unpaired) electrons. The Morgan fingerprint density at radius 3 is 2.77 bits per heavy atom. The van der Waals surface area contributed by atoms with Gasteiger partial charge in [-0.1, -0.05) is 12.1 Å². The number of carbonyl (C=O) groups is 2. The first-order valence-corrected chi connectivity index (χ1v) is 9.35. The van der Waals surface area contributed by atoms with Crippen molar-refractivity contribution in [3.05, 3.63) is 54.4 Å². The minimum Gasteiger partial charge on any atom is -0.497 e. The molecule has 0 atom stereocenters. The van der Waals surface area contributed by atoms with Gasteiger partial charge in [0.15, 0.2) is 0 Å². The fraction of sp³-hybridized carbons (Fsp3) is 0.316. The van der Waals surface area contributed by atoms with E-state index in [1.54, 1.807) is 29.3 Å². The van der Waals surface area contributed by atoms with E-state index in [2.05, 4.69) is 4.98 Å². The quantitative estimate of drug-likeness (QED) is 0.728. The Labute approximate surface area is 157 Å². The smallest absolute Gasteiger partial charge is 0.242 e. The Balaban J connectivity index is 1.51. The van der Waals surface area contributed by atoms with Crippen LogP contribution in [0.1, 0.15) is 5.56 Å². The van der Waals surface area contributed by atoms with E-state index in [0.717, 1.165) is 16.2 Å². The summed E-state index contributed by atoms with van der Waals surface area (Å²) in [6.07, 6.45) is 3.40. The van der Waals surface area contributed by atoms with Crippen LogP contribution < -0.4 is 4.74 Å². The van der Waals surface area contributed by atoms with Gasteiger partial charge in [0.1, 0.15) is 5.75 Å². The lowest BCUT2D eigenvalue weighted by atomic mass is 10.2. The van der Waals surface area contributed by atoms with Crippen molar-refractivity contribution in [1.82, 2.24) is 14.8 Å². The Kier molecular flexibility index (Phi) is 6.12. The third-order valence-corrected chi connectivity index (χ3v) is 5.19. The molecule has 1 aliphatic rings. The van der Waals surface area contributed by atoms with Crippen molar-refractivity contribution < 1.29 is 14.3 Å². The van der Waals surface area contributed by atoms with Crippen molar-refractivity contribution in [1.29, 1.82) is 0 Å². The van der Waals surface area contributed by atoms with E-state index in [1.165, 1.54) is 11.8 Å². The molecule has 1 fully saturated rings.